The van der Waals surface area contributed by atoms with Gasteiger partial charge >= 0.3 is 0 Å². The third-order valence-corrected chi connectivity index (χ3v) is 4.53. The molecule has 0 saturated heterocycles. The smallest absolute Gasteiger partial charge is 0.262 e. The van der Waals surface area contributed by atoms with Crippen molar-refractivity contribution in [3.8, 4) is 17.2 Å². The zero-order valence-corrected chi connectivity index (χ0v) is 16.3. The van der Waals surface area contributed by atoms with Crippen molar-refractivity contribution < 1.29 is 13.9 Å². The van der Waals surface area contributed by atoms with Crippen LogP contribution in [0.25, 0.3) is 11.5 Å². The minimum atomic E-state index is -0.258. The average molecular weight is 467 g/mol. The second-order valence-electron chi connectivity index (χ2n) is 5.21. The maximum atomic E-state index is 12.1. The van der Waals surface area contributed by atoms with Gasteiger partial charge in [-0.25, -0.2) is 0 Å². The lowest BCUT2D eigenvalue weighted by Crippen LogP contribution is -2.20. The molecule has 8 heteroatoms. The normalized spacial score (nSPS) is 10.5. The van der Waals surface area contributed by atoms with E-state index >= 15 is 0 Å². The quantitative estimate of drug-likeness (QED) is 0.595. The molecule has 6 nitrogen and oxygen atoms in total. The SMILES string of the molecule is Cc1cc(Br)c(NC(=O)COc2ccc(-c3nnco3)cc2)c(Br)c1. The first-order valence-corrected chi connectivity index (χ1v) is 8.86. The van der Waals surface area contributed by atoms with E-state index in [1.54, 1.807) is 24.3 Å². The number of rotatable bonds is 5. The van der Waals surface area contributed by atoms with Crippen LogP contribution in [-0.4, -0.2) is 22.7 Å². The molecule has 3 rings (SSSR count). The van der Waals surface area contributed by atoms with Crippen molar-refractivity contribution in [2.75, 3.05) is 11.9 Å². The first kappa shape index (κ1) is 17.6. The van der Waals surface area contributed by atoms with E-state index < -0.39 is 0 Å². The van der Waals surface area contributed by atoms with E-state index in [9.17, 15) is 4.79 Å². The predicted octanol–water partition coefficient (Wildman–Crippen LogP) is 4.59. The number of amides is 1. The van der Waals surface area contributed by atoms with Gasteiger partial charge in [0.05, 0.1) is 5.69 Å². The summed E-state index contributed by atoms with van der Waals surface area (Å²) in [7, 11) is 0. The van der Waals surface area contributed by atoms with Crippen LogP contribution < -0.4 is 10.1 Å². The first-order valence-electron chi connectivity index (χ1n) is 7.28. The number of halogens is 2. The van der Waals surface area contributed by atoms with Crippen molar-refractivity contribution in [3.63, 3.8) is 0 Å². The third-order valence-electron chi connectivity index (χ3n) is 3.28. The van der Waals surface area contributed by atoms with Crippen LogP contribution in [0.2, 0.25) is 0 Å². The topological polar surface area (TPSA) is 77.2 Å². The Morgan fingerprint density at radius 3 is 2.48 bits per heavy atom. The molecule has 0 spiro atoms. The summed E-state index contributed by atoms with van der Waals surface area (Å²) in [5.74, 6) is 0.741. The lowest BCUT2D eigenvalue weighted by Gasteiger charge is -2.11. The molecule has 1 N–H and O–H groups in total. The molecule has 0 saturated carbocycles. The zero-order valence-electron chi connectivity index (χ0n) is 13.1. The van der Waals surface area contributed by atoms with E-state index in [1.165, 1.54) is 6.39 Å². The molecule has 1 heterocycles. The maximum absolute atomic E-state index is 12.1. The second-order valence-corrected chi connectivity index (χ2v) is 6.92. The van der Waals surface area contributed by atoms with Gasteiger partial charge in [-0.2, -0.15) is 0 Å². The summed E-state index contributed by atoms with van der Waals surface area (Å²) in [6.07, 6.45) is 1.27. The van der Waals surface area contributed by atoms with Crippen LogP contribution in [0, 0.1) is 6.92 Å². The number of hydrogen-bond acceptors (Lipinski definition) is 5. The fourth-order valence-electron chi connectivity index (χ4n) is 2.14. The summed E-state index contributed by atoms with van der Waals surface area (Å²) < 4.78 is 12.2. The van der Waals surface area contributed by atoms with E-state index in [4.69, 9.17) is 9.15 Å². The third kappa shape index (κ3) is 4.46. The van der Waals surface area contributed by atoms with Crippen LogP contribution in [0.15, 0.2) is 56.2 Å². The van der Waals surface area contributed by atoms with Crippen molar-refractivity contribution in [1.29, 1.82) is 0 Å². The molecule has 25 heavy (non-hydrogen) atoms. The molecule has 2 aromatic carbocycles. The lowest BCUT2D eigenvalue weighted by molar-refractivity contribution is -0.118. The molecule has 0 aliphatic heterocycles. The van der Waals surface area contributed by atoms with E-state index in [2.05, 4.69) is 47.4 Å². The minimum Gasteiger partial charge on any atom is -0.484 e. The highest BCUT2D eigenvalue weighted by molar-refractivity contribution is 9.11. The number of nitrogens with one attached hydrogen (secondary N) is 1. The molecular formula is C17H13Br2N3O3. The molecule has 128 valence electrons. The van der Waals surface area contributed by atoms with Crippen molar-refractivity contribution >= 4 is 43.5 Å². The van der Waals surface area contributed by atoms with Gasteiger partial charge in [0.15, 0.2) is 6.61 Å². The molecule has 1 amide bonds. The van der Waals surface area contributed by atoms with Crippen LogP contribution in [0.1, 0.15) is 5.56 Å². The number of benzene rings is 2. The Bertz CT molecular complexity index is 858. The Morgan fingerprint density at radius 1 is 1.20 bits per heavy atom. The number of hydrogen-bond donors (Lipinski definition) is 1. The Labute approximate surface area is 160 Å². The number of anilines is 1. The van der Waals surface area contributed by atoms with E-state index in [1.807, 2.05) is 19.1 Å². The van der Waals surface area contributed by atoms with Crippen LogP contribution in [0.4, 0.5) is 5.69 Å². The highest BCUT2D eigenvalue weighted by Gasteiger charge is 2.11. The van der Waals surface area contributed by atoms with E-state index in [-0.39, 0.29) is 12.5 Å². The van der Waals surface area contributed by atoms with Crippen molar-refractivity contribution in [1.82, 2.24) is 10.2 Å². The van der Waals surface area contributed by atoms with Crippen LogP contribution in [0.3, 0.4) is 0 Å². The molecule has 1 aromatic heterocycles. The number of carbonyl (C=O) groups excluding carboxylic acids is 1. The molecule has 0 atom stereocenters. The molecule has 3 aromatic rings. The van der Waals surface area contributed by atoms with E-state index in [0.29, 0.717) is 17.3 Å². The predicted molar refractivity (Wildman–Crippen MR) is 100 cm³/mol. The standard InChI is InChI=1S/C17H13Br2N3O3/c1-10-6-13(18)16(14(19)7-10)21-15(23)8-24-12-4-2-11(3-5-12)17-22-20-9-25-17/h2-7,9H,8H2,1H3,(H,21,23). The maximum Gasteiger partial charge on any atom is 0.262 e. The van der Waals surface area contributed by atoms with Crippen molar-refractivity contribution in [2.24, 2.45) is 0 Å². The van der Waals surface area contributed by atoms with Gasteiger partial charge in [-0.05, 0) is 80.7 Å². The summed E-state index contributed by atoms with van der Waals surface area (Å²) >= 11 is 6.89. The Morgan fingerprint density at radius 2 is 1.88 bits per heavy atom. The molecule has 0 fully saturated rings. The van der Waals surface area contributed by atoms with Gasteiger partial charge in [-0.15, -0.1) is 10.2 Å². The number of carbonyl (C=O) groups is 1. The first-order chi connectivity index (χ1) is 12.0. The average Bonchev–Trinajstić information content (AvgIpc) is 3.11. The van der Waals surface area contributed by atoms with Gasteiger partial charge in [-0.1, -0.05) is 0 Å². The summed E-state index contributed by atoms with van der Waals surface area (Å²) in [5, 5.41) is 10.3. The van der Waals surface area contributed by atoms with Gasteiger partial charge in [0, 0.05) is 14.5 Å². The highest BCUT2D eigenvalue weighted by Crippen LogP contribution is 2.32. The molecule has 0 aliphatic rings. The molecule has 0 aliphatic carbocycles. The van der Waals surface area contributed by atoms with Crippen LogP contribution >= 0.6 is 31.9 Å². The molecule has 0 radical (unpaired) electrons. The Hall–Kier alpha value is -2.19. The molecule has 0 unspecified atom stereocenters. The van der Waals surface area contributed by atoms with Crippen molar-refractivity contribution in [2.45, 2.75) is 6.92 Å². The lowest BCUT2D eigenvalue weighted by atomic mass is 10.2. The Kier molecular flexibility index (Phi) is 5.50. The highest BCUT2D eigenvalue weighted by atomic mass is 79.9. The largest absolute Gasteiger partial charge is 0.484 e. The summed E-state index contributed by atoms with van der Waals surface area (Å²) in [4.78, 5) is 12.1. The van der Waals surface area contributed by atoms with Crippen molar-refractivity contribution in [3.05, 3.63) is 57.3 Å². The molecule has 0 bridgehead atoms. The number of ether oxygens (including phenoxy) is 1. The molecular weight excluding hydrogens is 454 g/mol. The van der Waals surface area contributed by atoms with Gasteiger partial charge < -0.3 is 14.5 Å². The van der Waals surface area contributed by atoms with Crippen LogP contribution in [-0.2, 0) is 4.79 Å². The number of aromatic nitrogens is 2. The monoisotopic (exact) mass is 465 g/mol. The van der Waals surface area contributed by atoms with Gasteiger partial charge in [-0.3, -0.25) is 4.79 Å². The van der Waals surface area contributed by atoms with Gasteiger partial charge in [0.25, 0.3) is 5.91 Å². The van der Waals surface area contributed by atoms with Crippen LogP contribution in [0.5, 0.6) is 5.75 Å². The number of aryl methyl sites for hydroxylation is 1. The summed E-state index contributed by atoms with van der Waals surface area (Å²) in [5.41, 5.74) is 2.53. The summed E-state index contributed by atoms with van der Waals surface area (Å²) in [6.45, 7) is 1.87. The van der Waals surface area contributed by atoms with E-state index in [0.717, 1.165) is 20.1 Å². The Balaban J connectivity index is 1.59. The van der Waals surface area contributed by atoms with Gasteiger partial charge in [0.1, 0.15) is 5.75 Å². The summed E-state index contributed by atoms with van der Waals surface area (Å²) in [6, 6.07) is 10.9. The fraction of sp³-hybridized carbons (Fsp3) is 0.118. The van der Waals surface area contributed by atoms with Gasteiger partial charge in [0.2, 0.25) is 12.3 Å². The zero-order chi connectivity index (χ0) is 17.8. The fourth-order valence-corrected chi connectivity index (χ4v) is 3.75. The minimum absolute atomic E-state index is 0.105. The second kappa shape index (κ2) is 7.79. The number of nitrogens with zero attached hydrogens (tertiary/aromatic N) is 2.